The maximum Gasteiger partial charge on any atom is 0.308 e. The Morgan fingerprint density at radius 1 is 0.940 bits per heavy atom. The first-order valence-electron chi connectivity index (χ1n) is 18.6. The van der Waals surface area contributed by atoms with Gasteiger partial charge in [0.1, 0.15) is 11.5 Å². The molecule has 0 N–H and O–H groups in total. The van der Waals surface area contributed by atoms with Crippen LogP contribution in [0.25, 0.3) is 0 Å². The number of fused-ring (bicyclic) bond motifs is 7. The molecule has 7 rings (SSSR count). The van der Waals surface area contributed by atoms with Crippen LogP contribution in [0.3, 0.4) is 0 Å². The lowest BCUT2D eigenvalue weighted by Crippen LogP contribution is -2.56. The smallest absolute Gasteiger partial charge is 0.308 e. The largest absolute Gasteiger partial charge is 0.463 e. The molecule has 0 aromatic heterocycles. The van der Waals surface area contributed by atoms with E-state index in [1.807, 2.05) is 37.7 Å². The van der Waals surface area contributed by atoms with E-state index >= 15 is 0 Å². The van der Waals surface area contributed by atoms with Crippen molar-refractivity contribution in [3.05, 3.63) is 82.3 Å². The lowest BCUT2D eigenvalue weighted by Gasteiger charge is -2.64. The van der Waals surface area contributed by atoms with Crippen molar-refractivity contribution in [1.82, 2.24) is 0 Å². The number of hydrogen-bond donors (Lipinski definition) is 0. The Morgan fingerprint density at radius 3 is 2.28 bits per heavy atom. The molecular weight excluding hydrogens is 639 g/mol. The van der Waals surface area contributed by atoms with Crippen molar-refractivity contribution in [2.75, 3.05) is 0 Å². The Morgan fingerprint density at radius 2 is 1.64 bits per heavy atom. The number of rotatable bonds is 7. The summed E-state index contributed by atoms with van der Waals surface area (Å²) in [5.41, 5.74) is 6.20. The van der Waals surface area contributed by atoms with Crippen molar-refractivity contribution in [3.8, 4) is 23.3 Å². The summed E-state index contributed by atoms with van der Waals surface area (Å²) in [5.74, 6) is 4.21. The van der Waals surface area contributed by atoms with Gasteiger partial charge in [-0.3, -0.25) is 4.79 Å². The average molecular weight is 692 g/mol. The van der Waals surface area contributed by atoms with E-state index in [0.717, 1.165) is 73.3 Å². The van der Waals surface area contributed by atoms with Gasteiger partial charge < -0.3 is 14.2 Å². The number of thioether (sulfide) groups is 1. The summed E-state index contributed by atoms with van der Waals surface area (Å²) in [5, 5.41) is 10.3. The summed E-state index contributed by atoms with van der Waals surface area (Å²) in [6.45, 7) is 21.1. The SMILES string of the molecule is C=C(C)Oc1ccc(SC2C=C3C(C)(CCC4C5CC(C)(C#N)CCC5(C)CCC34C)c3cc(OC(C)=O)c(OC(C)=C4CC4)c(C)c32)cc1. The summed E-state index contributed by atoms with van der Waals surface area (Å²) in [7, 11) is 0. The first-order chi connectivity index (χ1) is 23.6. The van der Waals surface area contributed by atoms with Gasteiger partial charge in [0.15, 0.2) is 11.5 Å². The number of ether oxygens (including phenoxy) is 3. The Balaban J connectivity index is 1.38. The van der Waals surface area contributed by atoms with Crippen LogP contribution in [0, 0.1) is 46.3 Å². The van der Waals surface area contributed by atoms with Crippen molar-refractivity contribution in [2.24, 2.45) is 28.1 Å². The number of nitriles is 1. The van der Waals surface area contributed by atoms with Crippen LogP contribution in [0.5, 0.6) is 17.2 Å². The number of hydrogen-bond acceptors (Lipinski definition) is 6. The highest BCUT2D eigenvalue weighted by molar-refractivity contribution is 7.99. The van der Waals surface area contributed by atoms with Gasteiger partial charge in [-0.15, -0.1) is 11.8 Å². The molecule has 5 aliphatic rings. The molecule has 2 aromatic carbocycles. The van der Waals surface area contributed by atoms with E-state index in [2.05, 4.69) is 71.5 Å². The monoisotopic (exact) mass is 691 g/mol. The second-order valence-corrected chi connectivity index (χ2v) is 18.3. The van der Waals surface area contributed by atoms with E-state index in [1.165, 1.54) is 35.6 Å². The number of carbonyl (C=O) groups is 1. The summed E-state index contributed by atoms with van der Waals surface area (Å²) in [6, 6.07) is 13.2. The van der Waals surface area contributed by atoms with Crippen LogP contribution < -0.4 is 14.2 Å². The van der Waals surface area contributed by atoms with E-state index < -0.39 is 0 Å². The predicted molar refractivity (Wildman–Crippen MR) is 200 cm³/mol. The Labute approximate surface area is 303 Å². The Kier molecular flexibility index (Phi) is 8.65. The number of benzene rings is 2. The molecule has 7 atom stereocenters. The number of nitrogens with zero attached hydrogens (tertiary/aromatic N) is 1. The molecule has 7 unspecified atom stereocenters. The highest BCUT2D eigenvalue weighted by Gasteiger charge is 2.61. The van der Waals surface area contributed by atoms with Gasteiger partial charge in [-0.2, -0.15) is 5.26 Å². The summed E-state index contributed by atoms with van der Waals surface area (Å²) in [6.07, 6.45) is 12.3. The zero-order valence-corrected chi connectivity index (χ0v) is 32.1. The van der Waals surface area contributed by atoms with Crippen LogP contribution in [0.1, 0.15) is 128 Å². The fourth-order valence-electron chi connectivity index (χ4n) is 10.4. The first-order valence-corrected chi connectivity index (χ1v) is 19.4. The minimum atomic E-state index is -0.342. The molecular formula is C44H53NO4S. The van der Waals surface area contributed by atoms with Gasteiger partial charge in [0.25, 0.3) is 0 Å². The van der Waals surface area contributed by atoms with Crippen molar-refractivity contribution >= 4 is 17.7 Å². The Hall–Kier alpha value is -3.43. The molecule has 4 saturated carbocycles. The molecule has 0 spiro atoms. The molecule has 0 saturated heterocycles. The lowest BCUT2D eigenvalue weighted by atomic mass is 9.40. The molecule has 0 aliphatic heterocycles. The number of carbonyl (C=O) groups excluding carboxylic acids is 1. The lowest BCUT2D eigenvalue weighted by molar-refractivity contribution is -0.132. The zero-order valence-electron chi connectivity index (χ0n) is 31.3. The van der Waals surface area contributed by atoms with Crippen LogP contribution in [-0.2, 0) is 10.2 Å². The molecule has 5 nitrogen and oxygen atoms in total. The second-order valence-electron chi connectivity index (χ2n) is 17.1. The molecule has 0 radical (unpaired) electrons. The number of allylic oxidation sites excluding steroid dienone is 4. The molecule has 4 fully saturated rings. The summed E-state index contributed by atoms with van der Waals surface area (Å²) < 4.78 is 18.4. The van der Waals surface area contributed by atoms with Crippen molar-refractivity contribution in [3.63, 3.8) is 0 Å². The molecule has 6 heteroatoms. The fraction of sp³-hybridized carbons (Fsp3) is 0.545. The second kappa shape index (κ2) is 12.4. The van der Waals surface area contributed by atoms with E-state index in [9.17, 15) is 10.1 Å². The van der Waals surface area contributed by atoms with Crippen molar-refractivity contribution < 1.29 is 19.0 Å². The van der Waals surface area contributed by atoms with Gasteiger partial charge in [0.2, 0.25) is 0 Å². The first kappa shape index (κ1) is 35.0. The van der Waals surface area contributed by atoms with Crippen LogP contribution >= 0.6 is 11.8 Å². The summed E-state index contributed by atoms with van der Waals surface area (Å²) >= 11 is 1.86. The molecule has 264 valence electrons. The van der Waals surface area contributed by atoms with Gasteiger partial charge in [-0.1, -0.05) is 39.0 Å². The van der Waals surface area contributed by atoms with E-state index in [1.54, 1.807) is 0 Å². The highest BCUT2D eigenvalue weighted by Crippen LogP contribution is 2.71. The molecule has 0 amide bonds. The molecule has 2 aromatic rings. The molecule has 0 bridgehead atoms. The standard InChI is InChI=1S/C44H53NO4S/c1-26(2)47-31-12-14-32(15-13-31)50-37-23-38-43(8,17-16-33-35-24-41(6,25-45)18-19-42(35,7)20-21-44(33,38)9)34-22-36(49-29(5)46)40(27(3)39(34)37)48-28(4)30-10-11-30/h12-15,22-23,33,35,37H,1,10-11,16-21,24H2,2-9H3. The highest BCUT2D eigenvalue weighted by atomic mass is 32.2. The number of esters is 1. The van der Waals surface area contributed by atoms with Crippen LogP contribution in [0.15, 0.2) is 70.5 Å². The van der Waals surface area contributed by atoms with E-state index in [-0.39, 0.29) is 32.9 Å². The van der Waals surface area contributed by atoms with Gasteiger partial charge in [-0.05, 0) is 155 Å². The topological polar surface area (TPSA) is 68.5 Å². The van der Waals surface area contributed by atoms with E-state index in [0.29, 0.717) is 29.1 Å². The maximum absolute atomic E-state index is 12.6. The third-order valence-electron chi connectivity index (χ3n) is 13.4. The van der Waals surface area contributed by atoms with Gasteiger partial charge in [-0.25, -0.2) is 0 Å². The zero-order chi connectivity index (χ0) is 35.8. The fourth-order valence-corrected chi connectivity index (χ4v) is 11.6. The normalized spacial score (nSPS) is 33.7. The third-order valence-corrected chi connectivity index (χ3v) is 14.6. The Bertz CT molecular complexity index is 1860. The molecule has 50 heavy (non-hydrogen) atoms. The van der Waals surface area contributed by atoms with Crippen molar-refractivity contribution in [1.29, 1.82) is 5.26 Å². The quantitative estimate of drug-likeness (QED) is 0.125. The third kappa shape index (κ3) is 5.92. The van der Waals surface area contributed by atoms with Crippen LogP contribution in [-0.4, -0.2) is 5.97 Å². The molecule has 0 heterocycles. The van der Waals surface area contributed by atoms with Gasteiger partial charge in [0.05, 0.1) is 22.5 Å². The summed E-state index contributed by atoms with van der Waals surface area (Å²) in [4.78, 5) is 13.7. The molecule has 5 aliphatic carbocycles. The van der Waals surface area contributed by atoms with E-state index in [4.69, 9.17) is 14.2 Å². The van der Waals surface area contributed by atoms with Crippen LogP contribution in [0.4, 0.5) is 0 Å². The minimum absolute atomic E-state index is 0.00177. The van der Waals surface area contributed by atoms with Crippen molar-refractivity contribution in [2.45, 2.75) is 129 Å². The van der Waals surface area contributed by atoms with Crippen LogP contribution in [0.2, 0.25) is 0 Å². The van der Waals surface area contributed by atoms with Gasteiger partial charge >= 0.3 is 5.97 Å². The predicted octanol–water partition coefficient (Wildman–Crippen LogP) is 11.9. The minimum Gasteiger partial charge on any atom is -0.463 e. The van der Waals surface area contributed by atoms with Gasteiger partial charge in [0, 0.05) is 22.8 Å². The maximum atomic E-state index is 12.6. The average Bonchev–Trinajstić information content (AvgIpc) is 3.91.